The predicted octanol–water partition coefficient (Wildman–Crippen LogP) is 3.51. The number of phosphoric acid groups is 2. The van der Waals surface area contributed by atoms with Crippen molar-refractivity contribution in [3.05, 3.63) is 30.6 Å². The molecule has 0 fully saturated rings. The molecule has 0 atom stereocenters. The molecule has 0 unspecified atom stereocenters. The number of hydrogen-bond donors (Lipinski definition) is 2. The fourth-order valence-corrected chi connectivity index (χ4v) is 2.49. The van der Waals surface area contributed by atoms with E-state index in [4.69, 9.17) is 9.79 Å². The molecule has 0 aliphatic rings. The first-order valence-electron chi connectivity index (χ1n) is 7.33. The Labute approximate surface area is 156 Å². The van der Waals surface area contributed by atoms with Crippen LogP contribution in [-0.4, -0.2) is 41.2 Å². The fourth-order valence-electron chi connectivity index (χ4n) is 1.04. The maximum atomic E-state index is 10.5. The van der Waals surface area contributed by atoms with Crippen molar-refractivity contribution in [2.45, 2.75) is 27.7 Å². The van der Waals surface area contributed by atoms with Crippen LogP contribution >= 0.6 is 29.1 Å². The van der Waals surface area contributed by atoms with Crippen LogP contribution < -0.4 is 0 Å². The lowest BCUT2D eigenvalue weighted by Gasteiger charge is -2.07. The molecule has 12 heteroatoms. The minimum atomic E-state index is -3.69. The Morgan fingerprint density at radius 2 is 1.00 bits per heavy atom. The average molecular weight is 421 g/mol. The Hall–Kier alpha value is -0.280. The highest BCUT2D eigenvalue weighted by atomic mass is 32.1. The Balaban J connectivity index is -0.000000289. The van der Waals surface area contributed by atoms with Gasteiger partial charge < -0.3 is 9.79 Å². The lowest BCUT2D eigenvalue weighted by molar-refractivity contribution is 0.160. The zero-order valence-electron chi connectivity index (χ0n) is 14.9. The van der Waals surface area contributed by atoms with Crippen molar-refractivity contribution in [3.8, 4) is 0 Å². The fraction of sp³-hybridized carbons (Fsp3) is 0.615. The van der Waals surface area contributed by atoms with E-state index in [1.165, 1.54) is 0 Å². The van der Waals surface area contributed by atoms with Crippen molar-refractivity contribution in [3.63, 3.8) is 0 Å². The van der Waals surface area contributed by atoms with Gasteiger partial charge in [-0.3, -0.25) is 23.1 Å². The van der Waals surface area contributed by atoms with Crippen LogP contribution in [0, 0.1) is 0 Å². The van der Waals surface area contributed by atoms with Gasteiger partial charge >= 0.3 is 15.6 Å². The molecule has 0 bridgehead atoms. The minimum Gasteiger partial charge on any atom is -0.302 e. The highest BCUT2D eigenvalue weighted by Crippen LogP contribution is 2.42. The summed E-state index contributed by atoms with van der Waals surface area (Å²) in [7, 11) is -7.39. The first-order chi connectivity index (χ1) is 11.2. The SMILES string of the molecule is CCOP(=O)(O)OCC.CCOP(=O)(O)OCC.S.c1ccncc1. The first-order valence-corrected chi connectivity index (χ1v) is 10.3. The van der Waals surface area contributed by atoms with Gasteiger partial charge in [-0.15, -0.1) is 0 Å². The molecule has 0 spiro atoms. The second-order valence-electron chi connectivity index (χ2n) is 3.63. The molecule has 0 radical (unpaired) electrons. The van der Waals surface area contributed by atoms with Crippen molar-refractivity contribution in [1.29, 1.82) is 0 Å². The van der Waals surface area contributed by atoms with Crippen molar-refractivity contribution in [2.24, 2.45) is 0 Å². The van der Waals surface area contributed by atoms with Gasteiger partial charge in [-0.2, -0.15) is 13.5 Å². The van der Waals surface area contributed by atoms with Crippen LogP contribution in [0.5, 0.6) is 0 Å². The monoisotopic (exact) mass is 421 g/mol. The van der Waals surface area contributed by atoms with E-state index in [2.05, 4.69) is 23.1 Å². The summed E-state index contributed by atoms with van der Waals surface area (Å²) in [5.41, 5.74) is 0. The van der Waals surface area contributed by atoms with Crippen LogP contribution in [0.15, 0.2) is 30.6 Å². The number of aromatic nitrogens is 1. The van der Waals surface area contributed by atoms with E-state index >= 15 is 0 Å². The maximum Gasteiger partial charge on any atom is 0.472 e. The van der Waals surface area contributed by atoms with Crippen molar-refractivity contribution >= 4 is 29.1 Å². The number of hydrogen-bond acceptors (Lipinski definition) is 7. The molecule has 150 valence electrons. The van der Waals surface area contributed by atoms with Gasteiger partial charge in [0.25, 0.3) is 0 Å². The van der Waals surface area contributed by atoms with E-state index in [0.717, 1.165) is 0 Å². The van der Waals surface area contributed by atoms with Crippen molar-refractivity contribution in [1.82, 2.24) is 4.98 Å². The lowest BCUT2D eigenvalue weighted by atomic mass is 10.5. The van der Waals surface area contributed by atoms with Crippen molar-refractivity contribution < 1.29 is 37.0 Å². The molecule has 0 aliphatic carbocycles. The van der Waals surface area contributed by atoms with Crippen LogP contribution in [0.2, 0.25) is 0 Å². The third kappa shape index (κ3) is 23.7. The summed E-state index contributed by atoms with van der Waals surface area (Å²) in [6, 6.07) is 5.72. The summed E-state index contributed by atoms with van der Waals surface area (Å²) in [6.45, 7) is 7.26. The standard InChI is InChI=1S/C5H5N.2C4H11O4P.H2S/c1-2-4-6-5-3-1;2*1-3-7-9(5,6)8-4-2;/h1-5H;2*3-4H2,1-2H3,(H,5,6);1H2. The Morgan fingerprint density at radius 1 is 0.720 bits per heavy atom. The highest BCUT2D eigenvalue weighted by molar-refractivity contribution is 7.59. The van der Waals surface area contributed by atoms with Crippen LogP contribution in [-0.2, 0) is 27.2 Å². The maximum absolute atomic E-state index is 10.5. The third-order valence-corrected chi connectivity index (χ3v) is 4.07. The van der Waals surface area contributed by atoms with Gasteiger partial charge in [0.05, 0.1) is 26.4 Å². The molecular formula is C13H29NO8P2S. The van der Waals surface area contributed by atoms with Gasteiger partial charge in [0.1, 0.15) is 0 Å². The van der Waals surface area contributed by atoms with Crippen LogP contribution in [0.4, 0.5) is 0 Å². The minimum absolute atomic E-state index is 0. The summed E-state index contributed by atoms with van der Waals surface area (Å²) in [4.78, 5) is 21.0. The van der Waals surface area contributed by atoms with Gasteiger partial charge in [0.15, 0.2) is 0 Å². The third-order valence-electron chi connectivity index (χ3n) is 1.74. The second kappa shape index (κ2) is 18.5. The van der Waals surface area contributed by atoms with Crippen LogP contribution in [0.25, 0.3) is 0 Å². The number of pyridine rings is 1. The van der Waals surface area contributed by atoms with E-state index in [9.17, 15) is 9.13 Å². The first kappa shape index (κ1) is 29.5. The van der Waals surface area contributed by atoms with Gasteiger partial charge in [-0.1, -0.05) is 6.07 Å². The largest absolute Gasteiger partial charge is 0.472 e. The summed E-state index contributed by atoms with van der Waals surface area (Å²) >= 11 is 0. The molecule has 0 aromatic carbocycles. The van der Waals surface area contributed by atoms with E-state index in [1.54, 1.807) is 40.1 Å². The zero-order valence-corrected chi connectivity index (χ0v) is 17.7. The molecule has 1 aromatic heterocycles. The molecule has 1 heterocycles. The Kier molecular flexibility index (Phi) is 21.8. The summed E-state index contributed by atoms with van der Waals surface area (Å²) < 4.78 is 38.5. The lowest BCUT2D eigenvalue weighted by Crippen LogP contribution is -1.93. The number of phosphoric ester groups is 2. The smallest absolute Gasteiger partial charge is 0.302 e. The van der Waals surface area contributed by atoms with E-state index < -0.39 is 15.6 Å². The molecule has 2 N–H and O–H groups in total. The summed E-state index contributed by atoms with van der Waals surface area (Å²) in [5, 5.41) is 0. The van der Waals surface area contributed by atoms with E-state index in [-0.39, 0.29) is 39.9 Å². The van der Waals surface area contributed by atoms with Gasteiger partial charge in [-0.05, 0) is 39.8 Å². The number of nitrogens with zero attached hydrogens (tertiary/aromatic N) is 1. The van der Waals surface area contributed by atoms with Gasteiger partial charge in [-0.25, -0.2) is 9.13 Å². The van der Waals surface area contributed by atoms with Gasteiger partial charge in [0, 0.05) is 12.4 Å². The van der Waals surface area contributed by atoms with E-state index in [1.807, 2.05) is 18.2 Å². The quantitative estimate of drug-likeness (QED) is 0.607. The topological polar surface area (TPSA) is 124 Å². The summed E-state index contributed by atoms with van der Waals surface area (Å²) in [5.74, 6) is 0. The highest BCUT2D eigenvalue weighted by Gasteiger charge is 2.18. The summed E-state index contributed by atoms with van der Waals surface area (Å²) in [6.07, 6.45) is 3.50. The molecular weight excluding hydrogens is 392 g/mol. The molecule has 0 aliphatic heterocycles. The predicted molar refractivity (Wildman–Crippen MR) is 101 cm³/mol. The van der Waals surface area contributed by atoms with E-state index in [0.29, 0.717) is 0 Å². The molecule has 9 nitrogen and oxygen atoms in total. The second-order valence-corrected chi connectivity index (χ2v) is 6.54. The molecule has 1 rings (SSSR count). The van der Waals surface area contributed by atoms with Gasteiger partial charge in [0.2, 0.25) is 0 Å². The molecule has 0 saturated carbocycles. The molecule has 0 saturated heterocycles. The van der Waals surface area contributed by atoms with Crippen LogP contribution in [0.3, 0.4) is 0 Å². The van der Waals surface area contributed by atoms with Crippen LogP contribution in [0.1, 0.15) is 27.7 Å². The van der Waals surface area contributed by atoms with Crippen molar-refractivity contribution in [2.75, 3.05) is 26.4 Å². The Bertz CT molecular complexity index is 406. The normalized spacial score (nSPS) is 10.5. The molecule has 0 amide bonds. The molecule has 25 heavy (non-hydrogen) atoms. The average Bonchev–Trinajstić information content (AvgIpc) is 2.50. The molecule has 1 aromatic rings. The number of rotatable bonds is 8. The zero-order chi connectivity index (χ0) is 18.9. The Morgan fingerprint density at radius 3 is 1.12 bits per heavy atom.